The lowest BCUT2D eigenvalue weighted by atomic mass is 9.71. The second-order valence-electron chi connectivity index (χ2n) is 8.38. The Morgan fingerprint density at radius 2 is 2.00 bits per heavy atom. The summed E-state index contributed by atoms with van der Waals surface area (Å²) in [5, 5.41) is 8.23. The summed E-state index contributed by atoms with van der Waals surface area (Å²) in [6, 6.07) is -0.109. The number of aryl methyl sites for hydroxylation is 2. The van der Waals surface area contributed by atoms with Gasteiger partial charge in [-0.2, -0.15) is 23.4 Å². The second kappa shape index (κ2) is 6.63. The van der Waals surface area contributed by atoms with Crippen molar-refractivity contribution in [3.8, 4) is 0 Å². The third-order valence-electron chi connectivity index (χ3n) is 5.52. The van der Waals surface area contributed by atoms with E-state index in [0.717, 1.165) is 10.2 Å². The lowest BCUT2D eigenvalue weighted by Gasteiger charge is -2.54. The first-order chi connectivity index (χ1) is 12.8. The highest BCUT2D eigenvalue weighted by Gasteiger charge is 2.50. The zero-order valence-corrected chi connectivity index (χ0v) is 17.0. The molecule has 0 spiro atoms. The van der Waals surface area contributed by atoms with Gasteiger partial charge in [-0.1, -0.05) is 13.8 Å². The Hall–Kier alpha value is -2.32. The van der Waals surface area contributed by atoms with Crippen LogP contribution in [0.5, 0.6) is 0 Å². The number of hydrogen-bond donors (Lipinski definition) is 0. The molecule has 0 saturated carbocycles. The maximum Gasteiger partial charge on any atom is 0.408 e. The molecule has 6 nitrogen and oxygen atoms in total. The van der Waals surface area contributed by atoms with Crippen molar-refractivity contribution in [3.05, 3.63) is 34.9 Å². The Bertz CT molecular complexity index is 896. The number of carbonyl (C=O) groups excluding carboxylic acids is 1. The molecule has 1 fully saturated rings. The SMILES string of the molecule is Cc1nn(CC(F)(F)F)c(C)c1[C@H](C)C(=O)N1CC(C)(C)[C@H]1c1cnn(C)c1. The number of halogens is 3. The van der Waals surface area contributed by atoms with Gasteiger partial charge in [0.15, 0.2) is 0 Å². The minimum absolute atomic E-state index is 0.0943. The average Bonchev–Trinajstić information content (AvgIpc) is 3.06. The third kappa shape index (κ3) is 3.54. The molecule has 2 atom stereocenters. The first kappa shape index (κ1) is 20.4. The van der Waals surface area contributed by atoms with Gasteiger partial charge in [-0.15, -0.1) is 0 Å². The summed E-state index contributed by atoms with van der Waals surface area (Å²) in [5.41, 5.74) is 2.28. The summed E-state index contributed by atoms with van der Waals surface area (Å²) >= 11 is 0. The highest BCUT2D eigenvalue weighted by molar-refractivity contribution is 5.85. The summed E-state index contributed by atoms with van der Waals surface area (Å²) in [4.78, 5) is 15.0. The van der Waals surface area contributed by atoms with Crippen LogP contribution >= 0.6 is 0 Å². The van der Waals surface area contributed by atoms with Gasteiger partial charge in [-0.3, -0.25) is 14.2 Å². The van der Waals surface area contributed by atoms with Crippen LogP contribution in [0.25, 0.3) is 0 Å². The van der Waals surface area contributed by atoms with Crippen LogP contribution in [0.4, 0.5) is 13.2 Å². The van der Waals surface area contributed by atoms with Gasteiger partial charge in [0.1, 0.15) is 6.54 Å². The van der Waals surface area contributed by atoms with Crippen molar-refractivity contribution >= 4 is 5.91 Å². The van der Waals surface area contributed by atoms with Gasteiger partial charge in [-0.05, 0) is 20.8 Å². The molecule has 1 amide bonds. The Labute approximate surface area is 162 Å². The van der Waals surface area contributed by atoms with Gasteiger partial charge in [0.2, 0.25) is 5.91 Å². The van der Waals surface area contributed by atoms with Crippen molar-refractivity contribution in [2.75, 3.05) is 6.54 Å². The van der Waals surface area contributed by atoms with Crippen LogP contribution in [0, 0.1) is 19.3 Å². The molecule has 1 aliphatic rings. The number of amides is 1. The zero-order valence-electron chi connectivity index (χ0n) is 17.0. The zero-order chi connectivity index (χ0) is 21.0. The lowest BCUT2D eigenvalue weighted by Crippen LogP contribution is -2.58. The molecular formula is C19H26F3N5O. The highest BCUT2D eigenvalue weighted by atomic mass is 19.4. The number of carbonyl (C=O) groups is 1. The molecule has 2 aromatic heterocycles. The van der Waals surface area contributed by atoms with E-state index in [2.05, 4.69) is 24.0 Å². The molecular weight excluding hydrogens is 371 g/mol. The Morgan fingerprint density at radius 3 is 2.50 bits per heavy atom. The predicted molar refractivity (Wildman–Crippen MR) is 97.6 cm³/mol. The van der Waals surface area contributed by atoms with Crippen molar-refractivity contribution in [3.63, 3.8) is 0 Å². The van der Waals surface area contributed by atoms with Crippen LogP contribution in [0.3, 0.4) is 0 Å². The minimum Gasteiger partial charge on any atom is -0.334 e. The first-order valence-electron chi connectivity index (χ1n) is 9.21. The van der Waals surface area contributed by atoms with E-state index in [9.17, 15) is 18.0 Å². The fraction of sp³-hybridized carbons (Fsp3) is 0.632. The Balaban J connectivity index is 1.87. The quantitative estimate of drug-likeness (QED) is 0.793. The fourth-order valence-corrected chi connectivity index (χ4v) is 4.38. The van der Waals surface area contributed by atoms with Gasteiger partial charge in [0.25, 0.3) is 0 Å². The molecule has 3 heterocycles. The molecule has 2 aromatic rings. The molecule has 0 aliphatic carbocycles. The highest BCUT2D eigenvalue weighted by Crippen LogP contribution is 2.49. The van der Waals surface area contributed by atoms with Gasteiger partial charge in [0, 0.05) is 42.0 Å². The molecule has 0 aromatic carbocycles. The average molecular weight is 397 g/mol. The summed E-state index contributed by atoms with van der Waals surface area (Å²) in [7, 11) is 1.83. The van der Waals surface area contributed by atoms with Gasteiger partial charge < -0.3 is 4.90 Å². The van der Waals surface area contributed by atoms with E-state index < -0.39 is 18.6 Å². The molecule has 0 bridgehead atoms. The number of nitrogens with zero attached hydrogens (tertiary/aromatic N) is 5. The Kier molecular flexibility index (Phi) is 4.84. The van der Waals surface area contributed by atoms with E-state index in [-0.39, 0.29) is 17.4 Å². The van der Waals surface area contributed by atoms with E-state index >= 15 is 0 Å². The Morgan fingerprint density at radius 1 is 1.36 bits per heavy atom. The largest absolute Gasteiger partial charge is 0.408 e. The van der Waals surface area contributed by atoms with Crippen molar-refractivity contribution < 1.29 is 18.0 Å². The summed E-state index contributed by atoms with van der Waals surface area (Å²) in [6.45, 7) is 8.60. The fourth-order valence-electron chi connectivity index (χ4n) is 4.38. The number of likely N-dealkylation sites (tertiary alicyclic amines) is 1. The van der Waals surface area contributed by atoms with Crippen LogP contribution in [0.15, 0.2) is 12.4 Å². The van der Waals surface area contributed by atoms with Gasteiger partial charge in [0.05, 0.1) is 23.9 Å². The molecule has 1 aliphatic heterocycles. The van der Waals surface area contributed by atoms with Crippen LogP contribution in [-0.2, 0) is 18.4 Å². The molecule has 1 saturated heterocycles. The van der Waals surface area contributed by atoms with Crippen molar-refractivity contribution in [2.24, 2.45) is 12.5 Å². The summed E-state index contributed by atoms with van der Waals surface area (Å²) in [6.07, 6.45) is -0.705. The topological polar surface area (TPSA) is 56.0 Å². The molecule has 0 unspecified atom stereocenters. The van der Waals surface area contributed by atoms with Crippen LogP contribution in [0.2, 0.25) is 0 Å². The van der Waals surface area contributed by atoms with Crippen LogP contribution < -0.4 is 0 Å². The van der Waals surface area contributed by atoms with Crippen LogP contribution in [0.1, 0.15) is 55.2 Å². The molecule has 0 N–H and O–H groups in total. The monoisotopic (exact) mass is 397 g/mol. The smallest absolute Gasteiger partial charge is 0.334 e. The lowest BCUT2D eigenvalue weighted by molar-refractivity contribution is -0.153. The van der Waals surface area contributed by atoms with Crippen LogP contribution in [-0.4, -0.2) is 43.1 Å². The standard InChI is InChI=1S/C19H26F3N5O/c1-11(15-12(2)24-27(13(15)3)10-19(20,21)22)17(28)26-9-18(4,5)16(26)14-7-23-25(6)8-14/h7-8,11,16H,9-10H2,1-6H3/t11-,16+/m0/s1. The molecule has 28 heavy (non-hydrogen) atoms. The first-order valence-corrected chi connectivity index (χ1v) is 9.21. The number of hydrogen-bond acceptors (Lipinski definition) is 3. The molecule has 154 valence electrons. The van der Waals surface area contributed by atoms with Crippen molar-refractivity contribution in [1.82, 2.24) is 24.5 Å². The molecule has 3 rings (SSSR count). The number of aromatic nitrogens is 4. The van der Waals surface area contributed by atoms with Crippen molar-refractivity contribution in [2.45, 2.75) is 59.3 Å². The van der Waals surface area contributed by atoms with E-state index in [4.69, 9.17) is 0 Å². The van der Waals surface area contributed by atoms with Crippen molar-refractivity contribution in [1.29, 1.82) is 0 Å². The van der Waals surface area contributed by atoms with E-state index in [1.54, 1.807) is 36.5 Å². The minimum atomic E-state index is -4.36. The second-order valence-corrected chi connectivity index (χ2v) is 8.38. The predicted octanol–water partition coefficient (Wildman–Crippen LogP) is 3.51. The third-order valence-corrected chi connectivity index (χ3v) is 5.52. The molecule has 9 heteroatoms. The van der Waals surface area contributed by atoms with E-state index in [1.807, 2.05) is 13.2 Å². The maximum atomic E-state index is 13.2. The normalized spacial score (nSPS) is 20.2. The summed E-state index contributed by atoms with van der Waals surface area (Å²) < 4.78 is 41.0. The summed E-state index contributed by atoms with van der Waals surface area (Å²) in [5.74, 6) is -0.678. The number of rotatable bonds is 4. The van der Waals surface area contributed by atoms with Gasteiger partial charge >= 0.3 is 6.18 Å². The van der Waals surface area contributed by atoms with Gasteiger partial charge in [-0.25, -0.2) is 0 Å². The maximum absolute atomic E-state index is 13.2. The molecule has 0 radical (unpaired) electrons. The van der Waals surface area contributed by atoms with E-state index in [0.29, 0.717) is 23.5 Å². The van der Waals surface area contributed by atoms with E-state index in [1.165, 1.54) is 0 Å². The number of alkyl halides is 3.